The Balaban J connectivity index is 1.71. The highest BCUT2D eigenvalue weighted by molar-refractivity contribution is 6.33. The number of halogens is 2. The van der Waals surface area contributed by atoms with Gasteiger partial charge in [0.05, 0.1) is 23.2 Å². The van der Waals surface area contributed by atoms with Crippen LogP contribution >= 0.6 is 23.2 Å². The van der Waals surface area contributed by atoms with Gasteiger partial charge in [0.25, 0.3) is 5.91 Å². The fourth-order valence-corrected chi connectivity index (χ4v) is 3.57. The minimum absolute atomic E-state index is 0.125. The van der Waals surface area contributed by atoms with Gasteiger partial charge < -0.3 is 19.2 Å². The van der Waals surface area contributed by atoms with E-state index >= 15 is 0 Å². The number of hydrogen-bond donors (Lipinski definition) is 1. The summed E-state index contributed by atoms with van der Waals surface area (Å²) in [4.78, 5) is 25.7. The monoisotopic (exact) mass is 469 g/mol. The normalized spacial score (nSPS) is 10.7. The second kappa shape index (κ2) is 9.34. The SMILES string of the molecule is COc1ccccc1NC(=O)COc1c(-c2ccccc2Cl)oc2ccc(Cl)cc2c1=O. The van der Waals surface area contributed by atoms with Crippen LogP contribution < -0.4 is 20.2 Å². The number of benzene rings is 3. The highest BCUT2D eigenvalue weighted by Crippen LogP contribution is 2.35. The predicted molar refractivity (Wildman–Crippen MR) is 125 cm³/mol. The summed E-state index contributed by atoms with van der Waals surface area (Å²) in [7, 11) is 1.50. The molecule has 0 atom stereocenters. The van der Waals surface area contributed by atoms with E-state index in [4.69, 9.17) is 37.1 Å². The standard InChI is InChI=1S/C24H17Cl2NO5/c1-30-20-9-5-4-8-18(20)27-21(28)13-31-24-22(29)16-12-14(25)10-11-19(16)32-23(24)15-6-2-3-7-17(15)26/h2-12H,13H2,1H3,(H,27,28). The third-order valence-electron chi connectivity index (χ3n) is 4.66. The molecule has 0 aliphatic carbocycles. The average Bonchev–Trinajstić information content (AvgIpc) is 2.79. The molecule has 0 aliphatic heterocycles. The number of methoxy groups -OCH3 is 1. The Kier molecular flexibility index (Phi) is 6.35. The molecule has 3 aromatic carbocycles. The van der Waals surface area contributed by atoms with Crippen LogP contribution in [0.3, 0.4) is 0 Å². The fourth-order valence-electron chi connectivity index (χ4n) is 3.18. The number of fused-ring (bicyclic) bond motifs is 1. The first kappa shape index (κ1) is 21.7. The van der Waals surface area contributed by atoms with Gasteiger partial charge in [-0.05, 0) is 42.5 Å². The van der Waals surface area contributed by atoms with Gasteiger partial charge >= 0.3 is 0 Å². The largest absolute Gasteiger partial charge is 0.495 e. The van der Waals surface area contributed by atoms with Gasteiger partial charge in [-0.25, -0.2) is 0 Å². The highest BCUT2D eigenvalue weighted by atomic mass is 35.5. The molecule has 0 aliphatic rings. The summed E-state index contributed by atoms with van der Waals surface area (Å²) in [5.74, 6) is 0.00576. The van der Waals surface area contributed by atoms with Gasteiger partial charge in [0.2, 0.25) is 11.2 Å². The molecule has 0 unspecified atom stereocenters. The third kappa shape index (κ3) is 4.42. The lowest BCUT2D eigenvalue weighted by atomic mass is 10.1. The summed E-state index contributed by atoms with van der Waals surface area (Å²) in [6.07, 6.45) is 0. The molecule has 0 bridgehead atoms. The molecule has 0 saturated heterocycles. The smallest absolute Gasteiger partial charge is 0.262 e. The number of anilines is 1. The van der Waals surface area contributed by atoms with Crippen molar-refractivity contribution in [2.24, 2.45) is 0 Å². The first-order chi connectivity index (χ1) is 15.5. The Morgan fingerprint density at radius 3 is 2.56 bits per heavy atom. The van der Waals surface area contributed by atoms with Gasteiger partial charge in [-0.3, -0.25) is 9.59 Å². The van der Waals surface area contributed by atoms with E-state index in [1.54, 1.807) is 60.7 Å². The Morgan fingerprint density at radius 2 is 1.78 bits per heavy atom. The van der Waals surface area contributed by atoms with Crippen molar-refractivity contribution in [3.8, 4) is 22.8 Å². The van der Waals surface area contributed by atoms with Gasteiger partial charge in [-0.2, -0.15) is 0 Å². The topological polar surface area (TPSA) is 77.8 Å². The zero-order valence-electron chi connectivity index (χ0n) is 16.9. The number of hydrogen-bond acceptors (Lipinski definition) is 5. The summed E-state index contributed by atoms with van der Waals surface area (Å²) < 4.78 is 16.9. The van der Waals surface area contributed by atoms with Crippen LogP contribution in [0, 0.1) is 0 Å². The van der Waals surface area contributed by atoms with E-state index in [1.807, 2.05) is 0 Å². The molecule has 4 aromatic rings. The van der Waals surface area contributed by atoms with E-state index in [0.717, 1.165) is 0 Å². The summed E-state index contributed by atoms with van der Waals surface area (Å²) in [6, 6.07) is 18.5. The van der Waals surface area contributed by atoms with Gasteiger partial charge in [0.1, 0.15) is 11.3 Å². The molecule has 32 heavy (non-hydrogen) atoms. The van der Waals surface area contributed by atoms with Gasteiger partial charge in [-0.1, -0.05) is 47.5 Å². The predicted octanol–water partition coefficient (Wildman–Crippen LogP) is 5.79. The summed E-state index contributed by atoms with van der Waals surface area (Å²) >= 11 is 12.4. The molecule has 0 spiro atoms. The first-order valence-corrected chi connectivity index (χ1v) is 10.3. The number of nitrogens with one attached hydrogen (secondary N) is 1. The zero-order chi connectivity index (χ0) is 22.7. The van der Waals surface area contributed by atoms with Crippen molar-refractivity contribution in [3.63, 3.8) is 0 Å². The quantitative estimate of drug-likeness (QED) is 0.386. The molecule has 8 heteroatoms. The lowest BCUT2D eigenvalue weighted by molar-refractivity contribution is -0.118. The molecular weight excluding hydrogens is 453 g/mol. The maximum absolute atomic E-state index is 13.2. The van der Waals surface area contributed by atoms with Crippen LogP contribution in [0.5, 0.6) is 11.5 Å². The number of carbonyl (C=O) groups excluding carboxylic acids is 1. The van der Waals surface area contributed by atoms with Crippen molar-refractivity contribution >= 4 is 45.8 Å². The Bertz CT molecular complexity index is 1370. The third-order valence-corrected chi connectivity index (χ3v) is 5.22. The number of carbonyl (C=O) groups is 1. The molecular formula is C24H17Cl2NO5. The van der Waals surface area contributed by atoms with E-state index in [9.17, 15) is 9.59 Å². The fraction of sp³-hybridized carbons (Fsp3) is 0.0833. The van der Waals surface area contributed by atoms with Crippen molar-refractivity contribution in [3.05, 3.63) is 87.0 Å². The van der Waals surface area contributed by atoms with Gasteiger partial charge in [-0.15, -0.1) is 0 Å². The highest BCUT2D eigenvalue weighted by Gasteiger charge is 2.21. The van der Waals surface area contributed by atoms with Crippen molar-refractivity contribution in [1.82, 2.24) is 0 Å². The number of rotatable bonds is 6. The van der Waals surface area contributed by atoms with Crippen molar-refractivity contribution in [2.75, 3.05) is 19.0 Å². The maximum Gasteiger partial charge on any atom is 0.262 e. The average molecular weight is 470 g/mol. The molecule has 6 nitrogen and oxygen atoms in total. The lowest BCUT2D eigenvalue weighted by Crippen LogP contribution is -2.23. The van der Waals surface area contributed by atoms with Crippen LogP contribution in [0.2, 0.25) is 10.0 Å². The van der Waals surface area contributed by atoms with Crippen LogP contribution in [-0.2, 0) is 4.79 Å². The van der Waals surface area contributed by atoms with Crippen LogP contribution in [0.4, 0.5) is 5.69 Å². The number of amides is 1. The Morgan fingerprint density at radius 1 is 1.03 bits per heavy atom. The van der Waals surface area contributed by atoms with E-state index in [-0.39, 0.29) is 16.9 Å². The van der Waals surface area contributed by atoms with E-state index in [2.05, 4.69) is 5.32 Å². The molecule has 0 fully saturated rings. The number of ether oxygens (including phenoxy) is 2. The van der Waals surface area contributed by atoms with Crippen molar-refractivity contribution in [2.45, 2.75) is 0 Å². The van der Waals surface area contributed by atoms with E-state index in [1.165, 1.54) is 13.2 Å². The van der Waals surface area contributed by atoms with Crippen molar-refractivity contribution in [1.29, 1.82) is 0 Å². The molecule has 1 amide bonds. The molecule has 1 heterocycles. The van der Waals surface area contributed by atoms with Crippen LogP contribution in [0.15, 0.2) is 75.9 Å². The van der Waals surface area contributed by atoms with E-state index < -0.39 is 17.9 Å². The number of para-hydroxylation sites is 2. The molecule has 0 radical (unpaired) electrons. The molecule has 4 rings (SSSR count). The Labute approximate surface area is 193 Å². The molecule has 0 saturated carbocycles. The summed E-state index contributed by atoms with van der Waals surface area (Å²) in [5.41, 5.74) is 0.796. The second-order valence-corrected chi connectivity index (χ2v) is 7.59. The van der Waals surface area contributed by atoms with Crippen LogP contribution in [0.25, 0.3) is 22.3 Å². The van der Waals surface area contributed by atoms with Gasteiger partial charge in [0.15, 0.2) is 12.4 Å². The first-order valence-electron chi connectivity index (χ1n) is 9.55. The second-order valence-electron chi connectivity index (χ2n) is 6.75. The van der Waals surface area contributed by atoms with Gasteiger partial charge in [0, 0.05) is 10.6 Å². The van der Waals surface area contributed by atoms with Crippen LogP contribution in [0.1, 0.15) is 0 Å². The van der Waals surface area contributed by atoms with Crippen LogP contribution in [-0.4, -0.2) is 19.6 Å². The minimum atomic E-state index is -0.481. The zero-order valence-corrected chi connectivity index (χ0v) is 18.4. The molecule has 1 aromatic heterocycles. The molecule has 1 N–H and O–H groups in total. The molecule has 162 valence electrons. The summed E-state index contributed by atoms with van der Waals surface area (Å²) in [6.45, 7) is -0.438. The minimum Gasteiger partial charge on any atom is -0.495 e. The van der Waals surface area contributed by atoms with E-state index in [0.29, 0.717) is 32.6 Å². The maximum atomic E-state index is 13.2. The Hall–Kier alpha value is -3.48. The van der Waals surface area contributed by atoms with Crippen molar-refractivity contribution < 1.29 is 18.7 Å². The summed E-state index contributed by atoms with van der Waals surface area (Å²) in [5, 5.41) is 3.67. The lowest BCUT2D eigenvalue weighted by Gasteiger charge is -2.13.